The van der Waals surface area contributed by atoms with Crippen LogP contribution in [0.1, 0.15) is 25.7 Å². The van der Waals surface area contributed by atoms with Crippen molar-refractivity contribution in [3.05, 3.63) is 52.4 Å². The Bertz CT molecular complexity index is 2090. The lowest BCUT2D eigenvalue weighted by molar-refractivity contribution is 0.108. The van der Waals surface area contributed by atoms with Crippen molar-refractivity contribution < 1.29 is 23.0 Å². The first-order chi connectivity index (χ1) is 22.7. The Morgan fingerprint density at radius 1 is 1.30 bits per heavy atom. The van der Waals surface area contributed by atoms with Gasteiger partial charge in [0.1, 0.15) is 36.4 Å². The van der Waals surface area contributed by atoms with Gasteiger partial charge in [-0.25, -0.2) is 13.6 Å². The molecule has 2 aromatic carbocycles. The molecule has 13 heteroatoms. The fourth-order valence-electron chi connectivity index (χ4n) is 7.68. The van der Waals surface area contributed by atoms with Gasteiger partial charge in [-0.1, -0.05) is 35.7 Å². The van der Waals surface area contributed by atoms with Crippen molar-refractivity contribution in [2.75, 3.05) is 50.2 Å². The van der Waals surface area contributed by atoms with E-state index in [1.165, 1.54) is 12.1 Å². The lowest BCUT2D eigenvalue weighted by Crippen LogP contribution is -2.46. The zero-order chi connectivity index (χ0) is 32.6. The second-order valence-electron chi connectivity index (χ2n) is 12.5. The maximum Gasteiger partial charge on any atom is 0.319 e. The highest BCUT2D eigenvalue weighted by Crippen LogP contribution is 2.53. The van der Waals surface area contributed by atoms with Crippen LogP contribution in [-0.2, 0) is 4.74 Å². The molecular weight excluding hydrogens is 646 g/mol. The molecule has 240 valence electrons. The second-order valence-corrected chi connectivity index (χ2v) is 13.9. The first-order valence-corrected chi connectivity index (χ1v) is 16.5. The van der Waals surface area contributed by atoms with Gasteiger partial charge in [-0.2, -0.15) is 9.97 Å². The fraction of sp³-hybridized carbons (Fsp3) is 0.382. The van der Waals surface area contributed by atoms with Gasteiger partial charge in [0, 0.05) is 24.1 Å². The molecule has 1 unspecified atom stereocenters. The largest absolute Gasteiger partial charge is 0.488 e. The molecule has 0 saturated carbocycles. The monoisotopic (exact) mass is 674 g/mol. The average Bonchev–Trinajstić information content (AvgIpc) is 3.82. The van der Waals surface area contributed by atoms with Crippen LogP contribution < -0.4 is 20.1 Å². The summed E-state index contributed by atoms with van der Waals surface area (Å²) in [5, 5.41) is 0.459. The number of nitrogens with two attached hydrogens (primary N) is 1. The molecule has 4 aliphatic heterocycles. The fourth-order valence-corrected chi connectivity index (χ4v) is 8.96. The molecule has 2 aromatic heterocycles. The summed E-state index contributed by atoms with van der Waals surface area (Å²) in [5.74, 6) is 1.91. The van der Waals surface area contributed by atoms with Crippen LogP contribution in [0.25, 0.3) is 37.0 Å². The number of hydrogen-bond donors (Lipinski definition) is 1. The van der Waals surface area contributed by atoms with E-state index in [2.05, 4.69) is 27.2 Å². The number of thiophene rings is 1. The Balaban J connectivity index is 1.37. The number of benzene rings is 2. The van der Waals surface area contributed by atoms with Gasteiger partial charge in [-0.05, 0) is 43.9 Å². The Morgan fingerprint density at radius 3 is 2.91 bits per heavy atom. The van der Waals surface area contributed by atoms with Crippen LogP contribution in [0.4, 0.5) is 25.3 Å². The number of nitrogens with zero attached hydrogens (tertiary/aromatic N) is 5. The summed E-state index contributed by atoms with van der Waals surface area (Å²) in [6.07, 6.45) is 9.53. The molecule has 9 nitrogen and oxygen atoms in total. The van der Waals surface area contributed by atoms with Crippen molar-refractivity contribution in [3.63, 3.8) is 0 Å². The molecular formula is C34H29ClF2N6O3S. The number of anilines is 2. The van der Waals surface area contributed by atoms with E-state index in [4.69, 9.17) is 49.5 Å². The first-order valence-electron chi connectivity index (χ1n) is 15.3. The summed E-state index contributed by atoms with van der Waals surface area (Å²) in [6.45, 7) is 15.0. The van der Waals surface area contributed by atoms with Gasteiger partial charge in [0.15, 0.2) is 11.6 Å². The van der Waals surface area contributed by atoms with Crippen molar-refractivity contribution in [3.8, 4) is 35.2 Å². The molecule has 0 aliphatic carbocycles. The van der Waals surface area contributed by atoms with Gasteiger partial charge < -0.3 is 24.8 Å². The quantitative estimate of drug-likeness (QED) is 0.142. The third kappa shape index (κ3) is 4.54. The van der Waals surface area contributed by atoms with E-state index in [1.54, 1.807) is 0 Å². The van der Waals surface area contributed by atoms with Gasteiger partial charge in [0.2, 0.25) is 5.69 Å². The molecule has 4 aromatic rings. The van der Waals surface area contributed by atoms with Crippen molar-refractivity contribution in [2.45, 2.75) is 43.3 Å². The molecule has 2 N–H and O–H groups in total. The van der Waals surface area contributed by atoms with Crippen molar-refractivity contribution in [1.82, 2.24) is 14.9 Å². The minimum absolute atomic E-state index is 0.0168. The van der Waals surface area contributed by atoms with Crippen LogP contribution in [0, 0.1) is 30.6 Å². The molecule has 4 aliphatic rings. The topological polar surface area (TPSA) is 90.3 Å². The molecule has 0 amide bonds. The smallest absolute Gasteiger partial charge is 0.319 e. The van der Waals surface area contributed by atoms with Crippen LogP contribution in [0.5, 0.6) is 11.8 Å². The number of rotatable bonds is 5. The normalized spacial score (nSPS) is 23.9. The molecule has 3 fully saturated rings. The number of halogens is 3. The van der Waals surface area contributed by atoms with E-state index in [9.17, 15) is 0 Å². The van der Waals surface area contributed by atoms with Crippen molar-refractivity contribution in [2.24, 2.45) is 0 Å². The molecule has 6 heterocycles. The zero-order valence-corrected chi connectivity index (χ0v) is 26.8. The standard InChI is InChI=1S/C34H29ClF2N6O3S/c1-4-18-15-45-29-24-27(26(37)22(25(29)35)20-6-7-21(36)30-23(20)28(39-3)31(38)47-30)40-33(41-32(24)43(18)19-8-11-44-14-19)46-16-34-9-5-10-42(34)13-17(2)12-34/h1,6-7,18-19H,2,5,8-16,38H2/t18-,19?,34+/m1/s1. The van der Waals surface area contributed by atoms with Crippen LogP contribution >= 0.6 is 22.9 Å². The third-order valence-corrected chi connectivity index (χ3v) is 11.2. The summed E-state index contributed by atoms with van der Waals surface area (Å²) in [4.78, 5) is 17.4. The van der Waals surface area contributed by atoms with Crippen LogP contribution in [-0.4, -0.2) is 72.0 Å². The van der Waals surface area contributed by atoms with E-state index >= 15 is 8.78 Å². The molecule has 8 rings (SSSR count). The van der Waals surface area contributed by atoms with Gasteiger partial charge in [-0.15, -0.1) is 17.8 Å². The van der Waals surface area contributed by atoms with E-state index in [1.807, 2.05) is 4.90 Å². The Hall–Kier alpha value is -4.20. The predicted molar refractivity (Wildman–Crippen MR) is 179 cm³/mol. The van der Waals surface area contributed by atoms with E-state index in [0.29, 0.717) is 32.1 Å². The summed E-state index contributed by atoms with van der Waals surface area (Å²) < 4.78 is 50.7. The van der Waals surface area contributed by atoms with Gasteiger partial charge in [-0.3, -0.25) is 4.90 Å². The number of fused-ring (bicyclic) bond motifs is 2. The lowest BCUT2D eigenvalue weighted by atomic mass is 9.94. The maximum atomic E-state index is 17.2. The molecule has 3 saturated heterocycles. The Kier molecular flexibility index (Phi) is 7.19. The van der Waals surface area contributed by atoms with E-state index in [0.717, 1.165) is 49.3 Å². The second kappa shape index (κ2) is 11.2. The summed E-state index contributed by atoms with van der Waals surface area (Å²) >= 11 is 7.97. The average molecular weight is 675 g/mol. The zero-order valence-electron chi connectivity index (χ0n) is 25.2. The first kappa shape index (κ1) is 30.2. The number of nitrogen functional groups attached to an aromatic ring is 1. The number of hydrogen-bond acceptors (Lipinski definition) is 9. The number of ether oxygens (including phenoxy) is 3. The number of aromatic nitrogens is 2. The minimum atomic E-state index is -0.795. The van der Waals surface area contributed by atoms with Crippen LogP contribution in [0.15, 0.2) is 24.3 Å². The molecule has 47 heavy (non-hydrogen) atoms. The predicted octanol–water partition coefficient (Wildman–Crippen LogP) is 6.74. The summed E-state index contributed by atoms with van der Waals surface area (Å²) in [7, 11) is 0. The van der Waals surface area contributed by atoms with E-state index in [-0.39, 0.29) is 77.8 Å². The molecule has 0 radical (unpaired) electrons. The lowest BCUT2D eigenvalue weighted by Gasteiger charge is -2.33. The third-order valence-electron chi connectivity index (χ3n) is 9.78. The summed E-state index contributed by atoms with van der Waals surface area (Å²) in [5.41, 5.74) is 7.06. The minimum Gasteiger partial charge on any atom is -0.488 e. The highest BCUT2D eigenvalue weighted by atomic mass is 35.5. The highest BCUT2D eigenvalue weighted by Gasteiger charge is 2.47. The van der Waals surface area contributed by atoms with Gasteiger partial charge in [0.25, 0.3) is 0 Å². The Morgan fingerprint density at radius 2 is 2.15 bits per heavy atom. The Labute approximate surface area is 278 Å². The molecule has 3 atom stereocenters. The van der Waals surface area contributed by atoms with Crippen molar-refractivity contribution in [1.29, 1.82) is 0 Å². The van der Waals surface area contributed by atoms with Crippen LogP contribution in [0.2, 0.25) is 5.02 Å². The van der Waals surface area contributed by atoms with Gasteiger partial charge in [0.05, 0.1) is 44.9 Å². The van der Waals surface area contributed by atoms with Crippen LogP contribution in [0.3, 0.4) is 0 Å². The maximum absolute atomic E-state index is 17.2. The molecule has 0 spiro atoms. The molecule has 0 bridgehead atoms. The SMILES string of the molecule is [C-]#[N+]c1c(N)sc2c(F)ccc(-c3c(Cl)c4c5c(nc(OC[C@@]67CCCN6CC(=C)C7)nc5c3F)N(C3CCOC3)[C@H](C#C)CO4)c12. The highest BCUT2D eigenvalue weighted by molar-refractivity contribution is 7.23. The van der Waals surface area contributed by atoms with Gasteiger partial charge >= 0.3 is 6.01 Å². The number of terminal acetylenes is 1. The van der Waals surface area contributed by atoms with E-state index < -0.39 is 17.7 Å². The summed E-state index contributed by atoms with van der Waals surface area (Å²) in [6, 6.07) is 1.83. The van der Waals surface area contributed by atoms with Crippen molar-refractivity contribution >= 4 is 60.4 Å².